The molecule has 2 amide bonds. The predicted octanol–water partition coefficient (Wildman–Crippen LogP) is 3.01. The van der Waals surface area contributed by atoms with Crippen molar-refractivity contribution in [1.29, 1.82) is 0 Å². The standard InChI is InChI=1S/C19H22N2O3/c1-23-16-7-3-14(4-8-16)11-12-21-18(13-20-19(21)22)15-5-9-17(24-2)10-6-15/h3-10,18H,11-13H2,1-2H3,(H,20,22)/t18-/m0/s1. The molecule has 1 aliphatic heterocycles. The van der Waals surface area contributed by atoms with E-state index in [9.17, 15) is 4.79 Å². The van der Waals surface area contributed by atoms with E-state index in [1.165, 1.54) is 5.56 Å². The first-order chi connectivity index (χ1) is 11.7. The van der Waals surface area contributed by atoms with Gasteiger partial charge in [-0.05, 0) is 41.8 Å². The number of hydrogen-bond donors (Lipinski definition) is 1. The summed E-state index contributed by atoms with van der Waals surface area (Å²) >= 11 is 0. The Morgan fingerprint density at radius 1 is 1.00 bits per heavy atom. The largest absolute Gasteiger partial charge is 0.497 e. The van der Waals surface area contributed by atoms with Crippen LogP contribution in [0.15, 0.2) is 48.5 Å². The van der Waals surface area contributed by atoms with Gasteiger partial charge in [0.15, 0.2) is 0 Å². The first kappa shape index (κ1) is 16.2. The average molecular weight is 326 g/mol. The summed E-state index contributed by atoms with van der Waals surface area (Å²) in [6.07, 6.45) is 0.810. The molecule has 0 spiro atoms. The van der Waals surface area contributed by atoms with E-state index in [4.69, 9.17) is 9.47 Å². The summed E-state index contributed by atoms with van der Waals surface area (Å²) in [6.45, 7) is 1.31. The lowest BCUT2D eigenvalue weighted by Crippen LogP contribution is -2.31. The summed E-state index contributed by atoms with van der Waals surface area (Å²) in [7, 11) is 3.31. The zero-order valence-corrected chi connectivity index (χ0v) is 14.0. The maximum Gasteiger partial charge on any atom is 0.318 e. The second kappa shape index (κ2) is 7.25. The van der Waals surface area contributed by atoms with Crippen molar-refractivity contribution in [1.82, 2.24) is 10.2 Å². The highest BCUT2D eigenvalue weighted by atomic mass is 16.5. The lowest BCUT2D eigenvalue weighted by molar-refractivity contribution is 0.205. The van der Waals surface area contributed by atoms with Gasteiger partial charge in [-0.2, -0.15) is 0 Å². The minimum atomic E-state index is -0.00988. The Labute approximate surface area is 142 Å². The van der Waals surface area contributed by atoms with Crippen LogP contribution in [0.2, 0.25) is 0 Å². The van der Waals surface area contributed by atoms with Gasteiger partial charge in [0.25, 0.3) is 0 Å². The molecule has 1 saturated heterocycles. The monoisotopic (exact) mass is 326 g/mol. The Balaban J connectivity index is 1.68. The van der Waals surface area contributed by atoms with Crippen LogP contribution in [0.5, 0.6) is 11.5 Å². The van der Waals surface area contributed by atoms with E-state index >= 15 is 0 Å². The molecule has 1 aliphatic rings. The molecular weight excluding hydrogens is 304 g/mol. The minimum absolute atomic E-state index is 0.00988. The van der Waals surface area contributed by atoms with Crippen molar-refractivity contribution in [2.75, 3.05) is 27.3 Å². The summed E-state index contributed by atoms with van der Waals surface area (Å²) in [5.41, 5.74) is 2.30. The van der Waals surface area contributed by atoms with Crippen LogP contribution in [-0.2, 0) is 6.42 Å². The number of methoxy groups -OCH3 is 2. The summed E-state index contributed by atoms with van der Waals surface area (Å²) in [5, 5.41) is 2.94. The van der Waals surface area contributed by atoms with E-state index in [2.05, 4.69) is 5.32 Å². The minimum Gasteiger partial charge on any atom is -0.497 e. The molecule has 0 bridgehead atoms. The van der Waals surface area contributed by atoms with Crippen molar-refractivity contribution in [3.8, 4) is 11.5 Å². The Kier molecular flexibility index (Phi) is 4.89. The van der Waals surface area contributed by atoms with Crippen LogP contribution in [0, 0.1) is 0 Å². The Morgan fingerprint density at radius 2 is 1.58 bits per heavy atom. The van der Waals surface area contributed by atoms with Gasteiger partial charge in [-0.3, -0.25) is 0 Å². The molecule has 1 atom stereocenters. The number of amides is 2. The van der Waals surface area contributed by atoms with E-state index in [0.717, 1.165) is 23.5 Å². The predicted molar refractivity (Wildman–Crippen MR) is 92.5 cm³/mol. The molecule has 2 aromatic rings. The third kappa shape index (κ3) is 3.45. The van der Waals surface area contributed by atoms with Crippen molar-refractivity contribution in [2.45, 2.75) is 12.5 Å². The topological polar surface area (TPSA) is 50.8 Å². The number of nitrogens with zero attached hydrogens (tertiary/aromatic N) is 1. The molecule has 0 saturated carbocycles. The van der Waals surface area contributed by atoms with Crippen molar-refractivity contribution >= 4 is 6.03 Å². The highest BCUT2D eigenvalue weighted by Crippen LogP contribution is 2.26. The molecule has 0 aliphatic carbocycles. The number of benzene rings is 2. The highest BCUT2D eigenvalue weighted by molar-refractivity contribution is 5.77. The molecule has 1 fully saturated rings. The molecule has 5 heteroatoms. The van der Waals surface area contributed by atoms with Crippen molar-refractivity contribution < 1.29 is 14.3 Å². The number of carbonyl (C=O) groups is 1. The van der Waals surface area contributed by atoms with Crippen LogP contribution in [0.1, 0.15) is 17.2 Å². The van der Waals surface area contributed by atoms with Gasteiger partial charge in [-0.15, -0.1) is 0 Å². The molecule has 24 heavy (non-hydrogen) atoms. The molecule has 2 aromatic carbocycles. The second-order valence-corrected chi connectivity index (χ2v) is 5.77. The number of ether oxygens (including phenoxy) is 2. The van der Waals surface area contributed by atoms with Crippen LogP contribution in [0.3, 0.4) is 0 Å². The fourth-order valence-electron chi connectivity index (χ4n) is 2.96. The SMILES string of the molecule is COc1ccc(CCN2C(=O)NC[C@H]2c2ccc(OC)cc2)cc1. The maximum atomic E-state index is 12.2. The lowest BCUT2D eigenvalue weighted by Gasteiger charge is -2.23. The van der Waals surface area contributed by atoms with Crippen LogP contribution >= 0.6 is 0 Å². The van der Waals surface area contributed by atoms with Gasteiger partial charge in [0.1, 0.15) is 11.5 Å². The third-order valence-corrected chi connectivity index (χ3v) is 4.38. The quantitative estimate of drug-likeness (QED) is 0.888. The normalized spacial score (nSPS) is 16.8. The number of urea groups is 1. The number of carbonyl (C=O) groups excluding carboxylic acids is 1. The number of hydrogen-bond acceptors (Lipinski definition) is 3. The number of nitrogens with one attached hydrogen (secondary N) is 1. The van der Waals surface area contributed by atoms with Crippen molar-refractivity contribution in [3.63, 3.8) is 0 Å². The molecule has 126 valence electrons. The van der Waals surface area contributed by atoms with Crippen molar-refractivity contribution in [2.24, 2.45) is 0 Å². The zero-order valence-electron chi connectivity index (χ0n) is 14.0. The molecule has 0 aromatic heterocycles. The van der Waals surface area contributed by atoms with Gasteiger partial charge < -0.3 is 19.7 Å². The summed E-state index contributed by atoms with van der Waals surface area (Å²) in [5.74, 6) is 1.66. The van der Waals surface area contributed by atoms with Gasteiger partial charge in [-0.1, -0.05) is 24.3 Å². The third-order valence-electron chi connectivity index (χ3n) is 4.38. The fraction of sp³-hybridized carbons (Fsp3) is 0.316. The van der Waals surface area contributed by atoms with Gasteiger partial charge in [-0.25, -0.2) is 4.79 Å². The van der Waals surface area contributed by atoms with Gasteiger partial charge in [0.2, 0.25) is 0 Å². The smallest absolute Gasteiger partial charge is 0.318 e. The van der Waals surface area contributed by atoms with E-state index in [0.29, 0.717) is 13.1 Å². The van der Waals surface area contributed by atoms with Crippen LogP contribution in [0.4, 0.5) is 4.79 Å². The Morgan fingerprint density at radius 3 is 2.17 bits per heavy atom. The van der Waals surface area contributed by atoms with E-state index < -0.39 is 0 Å². The second-order valence-electron chi connectivity index (χ2n) is 5.77. The van der Waals surface area contributed by atoms with Gasteiger partial charge in [0, 0.05) is 13.1 Å². The summed E-state index contributed by atoms with van der Waals surface area (Å²) in [6, 6.07) is 15.9. The Bertz CT molecular complexity index is 683. The molecule has 0 unspecified atom stereocenters. The molecule has 0 radical (unpaired) electrons. The fourth-order valence-corrected chi connectivity index (χ4v) is 2.96. The molecule has 5 nitrogen and oxygen atoms in total. The van der Waals surface area contributed by atoms with Gasteiger partial charge >= 0.3 is 6.03 Å². The van der Waals surface area contributed by atoms with Crippen LogP contribution < -0.4 is 14.8 Å². The first-order valence-corrected chi connectivity index (χ1v) is 8.02. The average Bonchev–Trinajstić information content (AvgIpc) is 3.01. The van der Waals surface area contributed by atoms with Crippen LogP contribution in [-0.4, -0.2) is 38.2 Å². The molecular formula is C19H22N2O3. The van der Waals surface area contributed by atoms with E-state index in [1.807, 2.05) is 53.4 Å². The maximum absolute atomic E-state index is 12.2. The lowest BCUT2D eigenvalue weighted by atomic mass is 10.1. The zero-order chi connectivity index (χ0) is 16.9. The summed E-state index contributed by atoms with van der Waals surface area (Å²) < 4.78 is 10.4. The Hall–Kier alpha value is -2.69. The molecule has 3 rings (SSSR count). The molecule has 1 heterocycles. The highest BCUT2D eigenvalue weighted by Gasteiger charge is 2.31. The van der Waals surface area contributed by atoms with Crippen LogP contribution in [0.25, 0.3) is 0 Å². The van der Waals surface area contributed by atoms with E-state index in [-0.39, 0.29) is 12.1 Å². The molecule has 1 N–H and O–H groups in total. The van der Waals surface area contributed by atoms with Crippen molar-refractivity contribution in [3.05, 3.63) is 59.7 Å². The van der Waals surface area contributed by atoms with Gasteiger partial charge in [0.05, 0.1) is 20.3 Å². The van der Waals surface area contributed by atoms with E-state index in [1.54, 1.807) is 14.2 Å². The first-order valence-electron chi connectivity index (χ1n) is 8.02. The number of rotatable bonds is 6. The summed E-state index contributed by atoms with van der Waals surface area (Å²) in [4.78, 5) is 14.1.